The summed E-state index contributed by atoms with van der Waals surface area (Å²) in [5.74, 6) is -1.50. The molecule has 0 saturated carbocycles. The van der Waals surface area contributed by atoms with Crippen molar-refractivity contribution in [3.8, 4) is 0 Å². The number of nitrogens with zero attached hydrogens (tertiary/aromatic N) is 3. The first-order chi connectivity index (χ1) is 6.61. The molecule has 0 bridgehead atoms. The Morgan fingerprint density at radius 1 is 1.14 bits per heavy atom. The first kappa shape index (κ1) is 8.30. The molecule has 4 N–H and O–H groups in total. The molecule has 14 heavy (non-hydrogen) atoms. The quantitative estimate of drug-likeness (QED) is 0.579. The number of aliphatic imine (C=N–C) groups is 1. The Labute approximate surface area is 77.9 Å². The highest BCUT2D eigenvalue weighted by molar-refractivity contribution is 6.47. The standard InChI is InChI=1S/C7H5N5O2/c8-6(13)4-3-2(1-10-4)11-12-5(3)7(9)14/h1H,(H2,8,13)(H2,9,14). The van der Waals surface area contributed by atoms with Crippen molar-refractivity contribution >= 4 is 17.5 Å². The monoisotopic (exact) mass is 191 g/mol. The van der Waals surface area contributed by atoms with Gasteiger partial charge in [0.05, 0.1) is 11.8 Å². The van der Waals surface area contributed by atoms with Gasteiger partial charge < -0.3 is 11.5 Å². The van der Waals surface area contributed by atoms with Gasteiger partial charge in [-0.05, 0) is 0 Å². The lowest BCUT2D eigenvalue weighted by Gasteiger charge is -1.97. The van der Waals surface area contributed by atoms with E-state index in [0.717, 1.165) is 0 Å². The number of rotatable bonds is 2. The fraction of sp³-hybridized carbons (Fsp3) is 0. The summed E-state index contributed by atoms with van der Waals surface area (Å²) in [5.41, 5.74) is 10.5. The van der Waals surface area contributed by atoms with Gasteiger partial charge in [-0.25, -0.2) is 4.99 Å². The van der Waals surface area contributed by atoms with Crippen LogP contribution in [0.25, 0.3) is 0 Å². The van der Waals surface area contributed by atoms with E-state index in [-0.39, 0.29) is 17.0 Å². The molecule has 2 amide bonds. The molecule has 0 saturated heterocycles. The van der Waals surface area contributed by atoms with Gasteiger partial charge in [-0.1, -0.05) is 0 Å². The van der Waals surface area contributed by atoms with Gasteiger partial charge in [-0.2, -0.15) is 0 Å². The number of primary amides is 2. The van der Waals surface area contributed by atoms with Crippen molar-refractivity contribution in [2.45, 2.75) is 0 Å². The van der Waals surface area contributed by atoms with Crippen LogP contribution in [0.15, 0.2) is 38.4 Å². The Balaban J connectivity index is 2.55. The molecule has 7 nitrogen and oxygen atoms in total. The summed E-state index contributed by atoms with van der Waals surface area (Å²) in [7, 11) is 0. The summed E-state index contributed by atoms with van der Waals surface area (Å²) in [6, 6.07) is 0. The summed E-state index contributed by atoms with van der Waals surface area (Å²) >= 11 is 0. The number of carbonyl (C=O) groups excluding carboxylic acids is 2. The molecule has 0 aromatic carbocycles. The van der Waals surface area contributed by atoms with Gasteiger partial charge in [-0.3, -0.25) is 9.59 Å². The minimum atomic E-state index is -0.761. The molecule has 2 aliphatic heterocycles. The average Bonchev–Trinajstić information content (AvgIpc) is 2.59. The van der Waals surface area contributed by atoms with Gasteiger partial charge in [0.2, 0.25) is 0 Å². The third kappa shape index (κ3) is 0.954. The third-order valence-electron chi connectivity index (χ3n) is 1.77. The Hall–Kier alpha value is -2.31. The zero-order valence-electron chi connectivity index (χ0n) is 6.89. The lowest BCUT2D eigenvalue weighted by molar-refractivity contribution is -0.114. The maximum absolute atomic E-state index is 10.9. The van der Waals surface area contributed by atoms with Crippen molar-refractivity contribution < 1.29 is 9.59 Å². The minimum absolute atomic E-state index is 0.0289. The first-order valence-electron chi connectivity index (χ1n) is 3.65. The van der Waals surface area contributed by atoms with E-state index in [9.17, 15) is 9.59 Å². The normalized spacial score (nSPS) is 18.0. The fourth-order valence-corrected chi connectivity index (χ4v) is 1.20. The smallest absolute Gasteiger partial charge is 0.270 e. The molecule has 70 valence electrons. The van der Waals surface area contributed by atoms with E-state index in [4.69, 9.17) is 11.5 Å². The molecule has 0 aromatic rings. The number of azo groups is 1. The topological polar surface area (TPSA) is 123 Å². The molecule has 0 atom stereocenters. The number of fused-ring (bicyclic) bond motifs is 1. The number of hydrogen-bond acceptors (Lipinski definition) is 5. The van der Waals surface area contributed by atoms with Gasteiger partial charge in [0.1, 0.15) is 11.4 Å². The van der Waals surface area contributed by atoms with Crippen LogP contribution in [0, 0.1) is 0 Å². The van der Waals surface area contributed by atoms with Gasteiger partial charge in [0, 0.05) is 0 Å². The number of nitrogens with two attached hydrogens (primary N) is 2. The van der Waals surface area contributed by atoms with Crippen LogP contribution in [-0.2, 0) is 9.59 Å². The van der Waals surface area contributed by atoms with Gasteiger partial charge >= 0.3 is 0 Å². The van der Waals surface area contributed by atoms with Crippen LogP contribution in [-0.4, -0.2) is 17.5 Å². The maximum Gasteiger partial charge on any atom is 0.270 e. The van der Waals surface area contributed by atoms with Crippen molar-refractivity contribution in [1.82, 2.24) is 0 Å². The third-order valence-corrected chi connectivity index (χ3v) is 1.77. The van der Waals surface area contributed by atoms with E-state index in [1.807, 2.05) is 0 Å². The molecule has 7 heteroatoms. The molecule has 2 aliphatic rings. The molecule has 0 aliphatic carbocycles. The first-order valence-corrected chi connectivity index (χ1v) is 3.65. The Morgan fingerprint density at radius 3 is 2.43 bits per heavy atom. The molecular formula is C7H5N5O2. The highest BCUT2D eigenvalue weighted by atomic mass is 16.1. The van der Waals surface area contributed by atoms with Crippen molar-refractivity contribution in [3.05, 3.63) is 23.2 Å². The molecular weight excluding hydrogens is 186 g/mol. The predicted molar refractivity (Wildman–Crippen MR) is 45.8 cm³/mol. The second kappa shape index (κ2) is 2.59. The van der Waals surface area contributed by atoms with E-state index in [2.05, 4.69) is 15.2 Å². The lowest BCUT2D eigenvalue weighted by Crippen LogP contribution is -2.25. The van der Waals surface area contributed by atoms with Crippen LogP contribution < -0.4 is 11.5 Å². The van der Waals surface area contributed by atoms with E-state index >= 15 is 0 Å². The van der Waals surface area contributed by atoms with Crippen LogP contribution >= 0.6 is 0 Å². The SMILES string of the molecule is NC(=O)C1=NC=C2N=NC(C(N)=O)=C21. The molecule has 0 spiro atoms. The highest BCUT2D eigenvalue weighted by Crippen LogP contribution is 2.30. The van der Waals surface area contributed by atoms with E-state index in [0.29, 0.717) is 5.70 Å². The van der Waals surface area contributed by atoms with Crippen LogP contribution in [0.4, 0.5) is 0 Å². The Morgan fingerprint density at radius 2 is 1.86 bits per heavy atom. The molecule has 2 rings (SSSR count). The lowest BCUT2D eigenvalue weighted by atomic mass is 10.1. The van der Waals surface area contributed by atoms with E-state index < -0.39 is 11.8 Å². The van der Waals surface area contributed by atoms with Crippen LogP contribution in [0.3, 0.4) is 0 Å². The second-order valence-corrected chi connectivity index (χ2v) is 2.64. The van der Waals surface area contributed by atoms with Crippen LogP contribution in [0.1, 0.15) is 0 Å². The van der Waals surface area contributed by atoms with Crippen molar-refractivity contribution in [1.29, 1.82) is 0 Å². The molecule has 2 heterocycles. The summed E-state index contributed by atoms with van der Waals surface area (Å²) in [6.07, 6.45) is 1.31. The largest absolute Gasteiger partial charge is 0.364 e. The summed E-state index contributed by atoms with van der Waals surface area (Å²) in [6.45, 7) is 0. The van der Waals surface area contributed by atoms with E-state index in [1.165, 1.54) is 6.20 Å². The zero-order chi connectivity index (χ0) is 10.3. The number of hydrogen-bond donors (Lipinski definition) is 2. The number of allylic oxidation sites excluding steroid dienone is 1. The minimum Gasteiger partial charge on any atom is -0.364 e. The highest BCUT2D eigenvalue weighted by Gasteiger charge is 2.31. The molecule has 0 aromatic heterocycles. The van der Waals surface area contributed by atoms with Crippen molar-refractivity contribution in [2.75, 3.05) is 0 Å². The Bertz CT molecular complexity index is 468. The van der Waals surface area contributed by atoms with E-state index in [1.54, 1.807) is 0 Å². The van der Waals surface area contributed by atoms with Crippen LogP contribution in [0.2, 0.25) is 0 Å². The predicted octanol–water partition coefficient (Wildman–Crippen LogP) is -1.03. The summed E-state index contributed by atoms with van der Waals surface area (Å²) < 4.78 is 0. The number of amides is 2. The molecule has 0 unspecified atom stereocenters. The van der Waals surface area contributed by atoms with Gasteiger partial charge in [-0.15, -0.1) is 10.2 Å². The second-order valence-electron chi connectivity index (χ2n) is 2.64. The Kier molecular flexibility index (Phi) is 1.53. The molecule has 0 radical (unpaired) electrons. The summed E-state index contributed by atoms with van der Waals surface area (Å²) in [4.78, 5) is 25.5. The molecule has 0 fully saturated rings. The van der Waals surface area contributed by atoms with Gasteiger partial charge in [0.15, 0.2) is 5.70 Å². The fourth-order valence-electron chi connectivity index (χ4n) is 1.20. The van der Waals surface area contributed by atoms with Crippen molar-refractivity contribution in [3.63, 3.8) is 0 Å². The number of carbonyl (C=O) groups is 2. The van der Waals surface area contributed by atoms with Crippen molar-refractivity contribution in [2.24, 2.45) is 26.7 Å². The maximum atomic E-state index is 10.9. The van der Waals surface area contributed by atoms with Gasteiger partial charge in [0.25, 0.3) is 11.8 Å². The summed E-state index contributed by atoms with van der Waals surface area (Å²) in [5, 5.41) is 7.15. The zero-order valence-corrected chi connectivity index (χ0v) is 6.89. The van der Waals surface area contributed by atoms with Crippen LogP contribution in [0.5, 0.6) is 0 Å². The average molecular weight is 191 g/mol.